The molecule has 0 saturated heterocycles. The van der Waals surface area contributed by atoms with E-state index in [1.165, 1.54) is 0 Å². The molecule has 114 valence electrons. The zero-order chi connectivity index (χ0) is 15.9. The maximum atomic E-state index is 11.8. The van der Waals surface area contributed by atoms with Crippen LogP contribution in [0, 0.1) is 6.92 Å². The molecular weight excluding hydrogens is 282 g/mol. The second kappa shape index (κ2) is 7.12. The van der Waals surface area contributed by atoms with E-state index in [4.69, 9.17) is 10.5 Å². The highest BCUT2D eigenvalue weighted by Crippen LogP contribution is 2.15. The molecule has 0 atom stereocenters. The Morgan fingerprint density at radius 3 is 2.32 bits per heavy atom. The van der Waals surface area contributed by atoms with Crippen molar-refractivity contribution in [3.63, 3.8) is 0 Å². The average molecular weight is 299 g/mol. The van der Waals surface area contributed by atoms with Gasteiger partial charge in [0.15, 0.2) is 6.61 Å². The molecule has 3 amide bonds. The molecule has 0 radical (unpaired) electrons. The number of hydrogen-bond donors (Lipinski definition) is 3. The van der Waals surface area contributed by atoms with Crippen LogP contribution in [0.4, 0.5) is 16.2 Å². The molecule has 2 rings (SSSR count). The molecular formula is C16H17N3O3. The first-order valence-corrected chi connectivity index (χ1v) is 6.69. The number of primary amides is 1. The molecule has 0 aliphatic rings. The van der Waals surface area contributed by atoms with Gasteiger partial charge in [-0.3, -0.25) is 4.79 Å². The Labute approximate surface area is 128 Å². The summed E-state index contributed by atoms with van der Waals surface area (Å²) in [5.41, 5.74) is 7.21. The number of benzene rings is 2. The van der Waals surface area contributed by atoms with Gasteiger partial charge in [-0.2, -0.15) is 0 Å². The number of hydrogen-bond acceptors (Lipinski definition) is 3. The van der Waals surface area contributed by atoms with Crippen molar-refractivity contribution >= 4 is 23.3 Å². The number of amides is 3. The summed E-state index contributed by atoms with van der Waals surface area (Å²) in [5, 5.41) is 5.12. The van der Waals surface area contributed by atoms with Crippen molar-refractivity contribution in [3.8, 4) is 5.75 Å². The van der Waals surface area contributed by atoms with Crippen molar-refractivity contribution in [2.45, 2.75) is 6.92 Å². The molecule has 0 bridgehead atoms. The number of carbonyl (C=O) groups is 2. The minimum absolute atomic E-state index is 0.101. The molecule has 0 saturated carbocycles. The highest BCUT2D eigenvalue weighted by molar-refractivity contribution is 5.93. The first-order chi connectivity index (χ1) is 10.5. The number of rotatable bonds is 5. The van der Waals surface area contributed by atoms with Crippen LogP contribution < -0.4 is 21.1 Å². The van der Waals surface area contributed by atoms with Crippen LogP contribution in [-0.2, 0) is 4.79 Å². The van der Waals surface area contributed by atoms with E-state index in [-0.39, 0.29) is 12.5 Å². The predicted molar refractivity (Wildman–Crippen MR) is 85.0 cm³/mol. The van der Waals surface area contributed by atoms with Crippen LogP contribution in [0.5, 0.6) is 5.75 Å². The SMILES string of the molecule is Cc1ccc(OCC(=O)Nc2cccc(NC(N)=O)c2)cc1. The molecule has 0 heterocycles. The van der Waals surface area contributed by atoms with Gasteiger partial charge in [0.2, 0.25) is 0 Å². The summed E-state index contributed by atoms with van der Waals surface area (Å²) in [5.74, 6) is 0.335. The van der Waals surface area contributed by atoms with Crippen LogP contribution in [-0.4, -0.2) is 18.5 Å². The van der Waals surface area contributed by atoms with Gasteiger partial charge in [0, 0.05) is 11.4 Å². The van der Waals surface area contributed by atoms with E-state index in [1.54, 1.807) is 36.4 Å². The number of anilines is 2. The normalized spacial score (nSPS) is 9.86. The summed E-state index contributed by atoms with van der Waals surface area (Å²) >= 11 is 0. The molecule has 0 unspecified atom stereocenters. The van der Waals surface area contributed by atoms with Gasteiger partial charge >= 0.3 is 6.03 Å². The Balaban J connectivity index is 1.89. The van der Waals surface area contributed by atoms with Gasteiger partial charge in [0.05, 0.1) is 0 Å². The Morgan fingerprint density at radius 2 is 1.68 bits per heavy atom. The molecule has 2 aromatic carbocycles. The van der Waals surface area contributed by atoms with Crippen molar-refractivity contribution in [1.82, 2.24) is 0 Å². The molecule has 6 heteroatoms. The van der Waals surface area contributed by atoms with Gasteiger partial charge in [0.1, 0.15) is 5.75 Å². The van der Waals surface area contributed by atoms with Gasteiger partial charge in [-0.1, -0.05) is 23.8 Å². The predicted octanol–water partition coefficient (Wildman–Crippen LogP) is 2.50. The van der Waals surface area contributed by atoms with Crippen LogP contribution in [0.25, 0.3) is 0 Å². The molecule has 0 aromatic heterocycles. The Morgan fingerprint density at radius 1 is 1.05 bits per heavy atom. The summed E-state index contributed by atoms with van der Waals surface area (Å²) in [7, 11) is 0. The van der Waals surface area contributed by atoms with E-state index in [0.29, 0.717) is 17.1 Å². The lowest BCUT2D eigenvalue weighted by Gasteiger charge is -2.09. The summed E-state index contributed by atoms with van der Waals surface area (Å²) in [6.07, 6.45) is 0. The minimum atomic E-state index is -0.661. The average Bonchev–Trinajstić information content (AvgIpc) is 2.46. The summed E-state index contributed by atoms with van der Waals surface area (Å²) in [6.45, 7) is 1.88. The van der Waals surface area contributed by atoms with Gasteiger partial charge in [-0.05, 0) is 37.3 Å². The van der Waals surface area contributed by atoms with Crippen LogP contribution in [0.2, 0.25) is 0 Å². The fourth-order valence-corrected chi connectivity index (χ4v) is 1.80. The van der Waals surface area contributed by atoms with E-state index < -0.39 is 6.03 Å². The van der Waals surface area contributed by atoms with E-state index in [2.05, 4.69) is 10.6 Å². The van der Waals surface area contributed by atoms with Crippen molar-refractivity contribution < 1.29 is 14.3 Å². The Hall–Kier alpha value is -3.02. The molecule has 4 N–H and O–H groups in total. The first-order valence-electron chi connectivity index (χ1n) is 6.69. The van der Waals surface area contributed by atoms with Crippen molar-refractivity contribution in [2.24, 2.45) is 5.73 Å². The third-order valence-electron chi connectivity index (χ3n) is 2.80. The van der Waals surface area contributed by atoms with Gasteiger partial charge in [-0.15, -0.1) is 0 Å². The van der Waals surface area contributed by atoms with E-state index >= 15 is 0 Å². The highest BCUT2D eigenvalue weighted by atomic mass is 16.5. The van der Waals surface area contributed by atoms with Crippen molar-refractivity contribution in [2.75, 3.05) is 17.2 Å². The zero-order valence-electron chi connectivity index (χ0n) is 12.1. The largest absolute Gasteiger partial charge is 0.484 e. The third-order valence-corrected chi connectivity index (χ3v) is 2.80. The molecule has 0 aliphatic carbocycles. The maximum Gasteiger partial charge on any atom is 0.316 e. The van der Waals surface area contributed by atoms with Gasteiger partial charge < -0.3 is 21.1 Å². The quantitative estimate of drug-likeness (QED) is 0.791. The van der Waals surface area contributed by atoms with Gasteiger partial charge in [0.25, 0.3) is 5.91 Å². The standard InChI is InChI=1S/C16H17N3O3/c1-11-5-7-14(8-6-11)22-10-15(20)18-12-3-2-4-13(9-12)19-16(17)21/h2-9H,10H2,1H3,(H,18,20)(H3,17,19,21). The summed E-state index contributed by atoms with van der Waals surface area (Å²) in [6, 6.07) is 13.4. The number of nitrogens with one attached hydrogen (secondary N) is 2. The van der Waals surface area contributed by atoms with Gasteiger partial charge in [-0.25, -0.2) is 4.79 Å². The molecule has 0 aliphatic heterocycles. The maximum absolute atomic E-state index is 11.8. The van der Waals surface area contributed by atoms with E-state index in [0.717, 1.165) is 5.56 Å². The molecule has 2 aromatic rings. The van der Waals surface area contributed by atoms with E-state index in [9.17, 15) is 9.59 Å². The fourth-order valence-electron chi connectivity index (χ4n) is 1.80. The summed E-state index contributed by atoms with van der Waals surface area (Å²) in [4.78, 5) is 22.6. The second-order valence-electron chi connectivity index (χ2n) is 4.72. The minimum Gasteiger partial charge on any atom is -0.484 e. The van der Waals surface area contributed by atoms with Crippen molar-refractivity contribution in [3.05, 3.63) is 54.1 Å². The lowest BCUT2D eigenvalue weighted by Crippen LogP contribution is -2.21. The lowest BCUT2D eigenvalue weighted by atomic mass is 10.2. The van der Waals surface area contributed by atoms with Crippen LogP contribution in [0.15, 0.2) is 48.5 Å². The van der Waals surface area contributed by atoms with Crippen molar-refractivity contribution in [1.29, 1.82) is 0 Å². The summed E-state index contributed by atoms with van der Waals surface area (Å²) < 4.78 is 5.39. The van der Waals surface area contributed by atoms with Crippen LogP contribution in [0.3, 0.4) is 0 Å². The molecule has 22 heavy (non-hydrogen) atoms. The number of ether oxygens (including phenoxy) is 1. The lowest BCUT2D eigenvalue weighted by molar-refractivity contribution is -0.118. The smallest absolute Gasteiger partial charge is 0.316 e. The monoisotopic (exact) mass is 299 g/mol. The van der Waals surface area contributed by atoms with Crippen LogP contribution in [0.1, 0.15) is 5.56 Å². The third kappa shape index (κ3) is 4.82. The van der Waals surface area contributed by atoms with E-state index in [1.807, 2.05) is 19.1 Å². The topological polar surface area (TPSA) is 93.4 Å². The zero-order valence-corrected chi connectivity index (χ0v) is 12.1. The number of carbonyl (C=O) groups excluding carboxylic acids is 2. The molecule has 0 fully saturated rings. The second-order valence-corrected chi connectivity index (χ2v) is 4.72. The highest BCUT2D eigenvalue weighted by Gasteiger charge is 2.05. The number of nitrogens with two attached hydrogens (primary N) is 1. The Kier molecular flexibility index (Phi) is 4.98. The molecule has 6 nitrogen and oxygen atoms in total. The number of urea groups is 1. The first kappa shape index (κ1) is 15.4. The Bertz CT molecular complexity index is 669. The van der Waals surface area contributed by atoms with Crippen LogP contribution >= 0.6 is 0 Å². The number of aryl methyl sites for hydroxylation is 1. The molecule has 0 spiro atoms. The fraction of sp³-hybridized carbons (Fsp3) is 0.125.